The minimum Gasteiger partial charge on any atom is -0.396 e. The molecule has 0 aliphatic carbocycles. The van der Waals surface area contributed by atoms with Crippen LogP contribution in [-0.2, 0) is 12.1 Å². The molecule has 3 N–H and O–H groups in total. The number of aromatic nitrogens is 5. The van der Waals surface area contributed by atoms with Gasteiger partial charge in [0.25, 0.3) is 5.56 Å². The van der Waals surface area contributed by atoms with Crippen molar-refractivity contribution in [3.05, 3.63) is 82.7 Å². The van der Waals surface area contributed by atoms with E-state index in [-0.39, 0.29) is 28.7 Å². The van der Waals surface area contributed by atoms with Crippen LogP contribution in [0.15, 0.2) is 54.1 Å². The lowest BCUT2D eigenvalue weighted by atomic mass is 9.86. The Hall–Kier alpha value is -3.73. The van der Waals surface area contributed by atoms with Crippen molar-refractivity contribution in [3.8, 4) is 0 Å². The van der Waals surface area contributed by atoms with Crippen LogP contribution in [0.25, 0.3) is 10.9 Å². The van der Waals surface area contributed by atoms with Crippen LogP contribution in [0.4, 0.5) is 18.9 Å². The van der Waals surface area contributed by atoms with Crippen molar-refractivity contribution in [1.82, 2.24) is 24.3 Å². The lowest BCUT2D eigenvalue weighted by Gasteiger charge is -2.35. The van der Waals surface area contributed by atoms with E-state index in [2.05, 4.69) is 15.1 Å². The molecule has 11 heteroatoms. The summed E-state index contributed by atoms with van der Waals surface area (Å²) >= 11 is 0. The van der Waals surface area contributed by atoms with E-state index in [0.717, 1.165) is 29.1 Å². The summed E-state index contributed by atoms with van der Waals surface area (Å²) in [5.41, 5.74) is 2.53. The first kappa shape index (κ1) is 20.5. The van der Waals surface area contributed by atoms with Gasteiger partial charge in [-0.3, -0.25) is 9.36 Å². The molecule has 31 heavy (non-hydrogen) atoms. The summed E-state index contributed by atoms with van der Waals surface area (Å²) in [6, 6.07) is 3.78. The van der Waals surface area contributed by atoms with E-state index in [9.17, 15) is 23.1 Å². The molecule has 160 valence electrons. The standard InChI is InChI=1S/C20H17F3N6O2/c1-11(29-10-26-18-6-17(24)16(23)5-13(18)19(29)30)20(31,7-28-9-25-8-27-28)14-3-2-12(21)4-15(14)22/h2-6,8-11,31H,7,24H2,1H3. The maximum absolute atomic E-state index is 14.7. The molecule has 0 amide bonds. The summed E-state index contributed by atoms with van der Waals surface area (Å²) in [5.74, 6) is -2.62. The van der Waals surface area contributed by atoms with Gasteiger partial charge in [0.1, 0.15) is 35.7 Å². The predicted molar refractivity (Wildman–Crippen MR) is 105 cm³/mol. The molecule has 2 heterocycles. The average molecular weight is 430 g/mol. The fourth-order valence-electron chi connectivity index (χ4n) is 3.52. The van der Waals surface area contributed by atoms with Gasteiger partial charge in [0.15, 0.2) is 0 Å². The zero-order valence-electron chi connectivity index (χ0n) is 16.2. The van der Waals surface area contributed by atoms with Crippen LogP contribution in [0.3, 0.4) is 0 Å². The summed E-state index contributed by atoms with van der Waals surface area (Å²) in [5, 5.41) is 15.5. The highest BCUT2D eigenvalue weighted by Crippen LogP contribution is 2.36. The Morgan fingerprint density at radius 2 is 1.94 bits per heavy atom. The Labute approximate surface area is 173 Å². The van der Waals surface area contributed by atoms with Crippen LogP contribution in [0.1, 0.15) is 18.5 Å². The molecule has 0 fully saturated rings. The third-order valence-corrected chi connectivity index (χ3v) is 5.28. The summed E-state index contributed by atoms with van der Waals surface area (Å²) in [6.07, 6.45) is 3.68. The van der Waals surface area contributed by atoms with Crippen molar-refractivity contribution >= 4 is 16.6 Å². The summed E-state index contributed by atoms with van der Waals surface area (Å²) < 4.78 is 44.4. The zero-order chi connectivity index (χ0) is 22.3. The number of aliphatic hydroxyl groups is 1. The average Bonchev–Trinajstić information content (AvgIpc) is 3.22. The Morgan fingerprint density at radius 1 is 1.16 bits per heavy atom. The number of anilines is 1. The predicted octanol–water partition coefficient (Wildman–Crippen LogP) is 2.14. The van der Waals surface area contributed by atoms with Gasteiger partial charge in [0, 0.05) is 11.6 Å². The number of nitrogen functional groups attached to an aromatic ring is 1. The highest BCUT2D eigenvalue weighted by Gasteiger charge is 2.41. The zero-order valence-corrected chi connectivity index (χ0v) is 16.2. The second-order valence-corrected chi connectivity index (χ2v) is 7.17. The molecular weight excluding hydrogens is 413 g/mol. The highest BCUT2D eigenvalue weighted by atomic mass is 19.1. The van der Waals surface area contributed by atoms with E-state index in [1.165, 1.54) is 30.3 Å². The molecule has 0 bridgehead atoms. The van der Waals surface area contributed by atoms with Crippen LogP contribution >= 0.6 is 0 Å². The first-order valence-corrected chi connectivity index (χ1v) is 9.17. The summed E-state index contributed by atoms with van der Waals surface area (Å²) in [7, 11) is 0. The molecule has 2 aromatic heterocycles. The number of nitrogens with two attached hydrogens (primary N) is 1. The second-order valence-electron chi connectivity index (χ2n) is 7.17. The Balaban J connectivity index is 1.90. The van der Waals surface area contributed by atoms with Crippen LogP contribution in [0, 0.1) is 17.5 Å². The second kappa shape index (κ2) is 7.51. The molecule has 4 rings (SSSR count). The lowest BCUT2D eigenvalue weighted by molar-refractivity contribution is -0.0343. The smallest absolute Gasteiger partial charge is 0.261 e. The van der Waals surface area contributed by atoms with E-state index in [4.69, 9.17) is 5.73 Å². The largest absolute Gasteiger partial charge is 0.396 e. The van der Waals surface area contributed by atoms with E-state index in [1.807, 2.05) is 0 Å². The molecule has 8 nitrogen and oxygen atoms in total. The first-order chi connectivity index (χ1) is 14.7. The number of nitrogens with zero attached hydrogens (tertiary/aromatic N) is 5. The maximum Gasteiger partial charge on any atom is 0.261 e. The Kier molecular flexibility index (Phi) is 4.97. The molecule has 2 unspecified atom stereocenters. The van der Waals surface area contributed by atoms with Gasteiger partial charge in [0.2, 0.25) is 0 Å². The Bertz CT molecular complexity index is 1320. The molecule has 2 atom stereocenters. The fourth-order valence-corrected chi connectivity index (χ4v) is 3.52. The van der Waals surface area contributed by atoms with Gasteiger partial charge in [0.05, 0.1) is 35.5 Å². The van der Waals surface area contributed by atoms with Crippen molar-refractivity contribution in [2.45, 2.75) is 25.1 Å². The van der Waals surface area contributed by atoms with E-state index in [1.54, 1.807) is 0 Å². The minimum atomic E-state index is -2.07. The number of fused-ring (bicyclic) bond motifs is 1. The molecule has 2 aromatic carbocycles. The van der Waals surface area contributed by atoms with Gasteiger partial charge in [-0.2, -0.15) is 5.10 Å². The number of hydrogen-bond acceptors (Lipinski definition) is 6. The van der Waals surface area contributed by atoms with Gasteiger partial charge in [-0.05, 0) is 25.1 Å². The number of rotatable bonds is 5. The maximum atomic E-state index is 14.7. The van der Waals surface area contributed by atoms with Gasteiger partial charge in [-0.15, -0.1) is 0 Å². The van der Waals surface area contributed by atoms with Gasteiger partial charge < -0.3 is 10.8 Å². The van der Waals surface area contributed by atoms with Crippen LogP contribution in [0.2, 0.25) is 0 Å². The first-order valence-electron chi connectivity index (χ1n) is 9.17. The minimum absolute atomic E-state index is 0.0660. The Morgan fingerprint density at radius 3 is 2.61 bits per heavy atom. The summed E-state index contributed by atoms with van der Waals surface area (Å²) in [4.78, 5) is 21.0. The quantitative estimate of drug-likeness (QED) is 0.469. The van der Waals surface area contributed by atoms with E-state index < -0.39 is 34.7 Å². The number of benzene rings is 2. The third kappa shape index (κ3) is 3.52. The van der Waals surface area contributed by atoms with E-state index in [0.29, 0.717) is 6.07 Å². The molecule has 0 aliphatic rings. The molecule has 0 saturated heterocycles. The third-order valence-electron chi connectivity index (χ3n) is 5.28. The van der Waals surface area contributed by atoms with Crippen molar-refractivity contribution in [2.24, 2.45) is 0 Å². The van der Waals surface area contributed by atoms with E-state index >= 15 is 0 Å². The molecule has 0 radical (unpaired) electrons. The van der Waals surface area contributed by atoms with Crippen molar-refractivity contribution in [2.75, 3.05) is 5.73 Å². The number of hydrogen-bond donors (Lipinski definition) is 2. The van der Waals surface area contributed by atoms with Crippen LogP contribution in [0.5, 0.6) is 0 Å². The normalized spacial score (nSPS) is 14.5. The van der Waals surface area contributed by atoms with Gasteiger partial charge >= 0.3 is 0 Å². The van der Waals surface area contributed by atoms with Crippen molar-refractivity contribution in [1.29, 1.82) is 0 Å². The van der Waals surface area contributed by atoms with Crippen molar-refractivity contribution in [3.63, 3.8) is 0 Å². The lowest BCUT2D eigenvalue weighted by Crippen LogP contribution is -2.43. The molecule has 0 spiro atoms. The monoisotopic (exact) mass is 430 g/mol. The molecule has 0 saturated carbocycles. The van der Waals surface area contributed by atoms with Gasteiger partial charge in [-0.25, -0.2) is 27.8 Å². The molecule has 4 aromatic rings. The fraction of sp³-hybridized carbons (Fsp3) is 0.200. The van der Waals surface area contributed by atoms with Crippen LogP contribution < -0.4 is 11.3 Å². The highest BCUT2D eigenvalue weighted by molar-refractivity contribution is 5.81. The molecule has 0 aliphatic heterocycles. The van der Waals surface area contributed by atoms with Gasteiger partial charge in [-0.1, -0.05) is 6.07 Å². The topological polar surface area (TPSA) is 112 Å². The number of halogens is 3. The van der Waals surface area contributed by atoms with Crippen LogP contribution in [-0.4, -0.2) is 29.4 Å². The summed E-state index contributed by atoms with van der Waals surface area (Å²) in [6.45, 7) is 1.15. The van der Waals surface area contributed by atoms with Crippen molar-refractivity contribution < 1.29 is 18.3 Å². The molecular formula is C20H17F3N6O2. The SMILES string of the molecule is CC(n1cnc2cc(N)c(F)cc2c1=O)C(O)(Cn1cncn1)c1ccc(F)cc1F.